The molecule has 2 aromatic heterocycles. The minimum absolute atomic E-state index is 0.0222. The van der Waals surface area contributed by atoms with Crippen molar-refractivity contribution in [2.75, 3.05) is 26.3 Å². The monoisotopic (exact) mass is 417 g/mol. The molecule has 3 aliphatic heterocycles. The van der Waals surface area contributed by atoms with Crippen LogP contribution in [0.4, 0.5) is 0 Å². The Kier molecular flexibility index (Phi) is 5.17. The van der Waals surface area contributed by atoms with Crippen LogP contribution in [0.3, 0.4) is 0 Å². The van der Waals surface area contributed by atoms with E-state index in [2.05, 4.69) is 0 Å². The Hall–Kier alpha value is -1.77. The van der Waals surface area contributed by atoms with Crippen LogP contribution in [-0.2, 0) is 22.4 Å². The van der Waals surface area contributed by atoms with Crippen molar-refractivity contribution in [3.8, 4) is 0 Å². The second-order valence-corrected chi connectivity index (χ2v) is 9.27. The maximum Gasteiger partial charge on any atom is 0.264 e. The number of hydrogen-bond donors (Lipinski definition) is 0. The molecule has 0 atom stereocenters. The van der Waals surface area contributed by atoms with E-state index in [1.165, 1.54) is 11.3 Å². The SMILES string of the molecule is Cc1c(C(=O)N2CCC(C3OCCO3)CC2)sc2nc3n(c(=O)c12)CCCCC3. The molecule has 156 valence electrons. The van der Waals surface area contributed by atoms with Gasteiger partial charge in [-0.05, 0) is 38.2 Å². The molecule has 0 bridgehead atoms. The largest absolute Gasteiger partial charge is 0.350 e. The van der Waals surface area contributed by atoms with Gasteiger partial charge in [0.2, 0.25) is 0 Å². The van der Waals surface area contributed by atoms with E-state index in [-0.39, 0.29) is 17.8 Å². The number of hydrogen-bond acceptors (Lipinski definition) is 6. The van der Waals surface area contributed by atoms with Crippen molar-refractivity contribution in [1.29, 1.82) is 0 Å². The van der Waals surface area contributed by atoms with E-state index < -0.39 is 0 Å². The molecule has 1 amide bonds. The topological polar surface area (TPSA) is 73.7 Å². The van der Waals surface area contributed by atoms with E-state index in [1.807, 2.05) is 16.4 Å². The number of carbonyl (C=O) groups excluding carboxylic acids is 1. The molecule has 0 aliphatic carbocycles. The number of carbonyl (C=O) groups is 1. The van der Waals surface area contributed by atoms with Gasteiger partial charge in [0.05, 0.1) is 23.5 Å². The van der Waals surface area contributed by atoms with Gasteiger partial charge in [-0.25, -0.2) is 4.98 Å². The first-order valence-corrected chi connectivity index (χ1v) is 11.5. The first-order valence-electron chi connectivity index (χ1n) is 10.7. The van der Waals surface area contributed by atoms with E-state index >= 15 is 0 Å². The van der Waals surface area contributed by atoms with Gasteiger partial charge in [-0.15, -0.1) is 11.3 Å². The van der Waals surface area contributed by atoms with Gasteiger partial charge in [-0.2, -0.15) is 0 Å². The highest BCUT2D eigenvalue weighted by Crippen LogP contribution is 2.32. The highest BCUT2D eigenvalue weighted by atomic mass is 32.1. The van der Waals surface area contributed by atoms with E-state index in [0.29, 0.717) is 47.3 Å². The number of aryl methyl sites for hydroxylation is 2. The summed E-state index contributed by atoms with van der Waals surface area (Å²) in [6, 6.07) is 0. The van der Waals surface area contributed by atoms with Crippen LogP contribution >= 0.6 is 11.3 Å². The molecule has 0 radical (unpaired) electrons. The number of ether oxygens (including phenoxy) is 2. The van der Waals surface area contributed by atoms with Gasteiger partial charge in [-0.1, -0.05) is 6.42 Å². The normalized spacial score (nSPS) is 21.5. The molecule has 3 aliphatic rings. The molecule has 8 heteroatoms. The van der Waals surface area contributed by atoms with Crippen LogP contribution < -0.4 is 5.56 Å². The number of thiophene rings is 1. The fourth-order valence-corrected chi connectivity index (χ4v) is 5.94. The van der Waals surface area contributed by atoms with E-state index in [9.17, 15) is 9.59 Å². The molecular formula is C21H27N3O4S. The van der Waals surface area contributed by atoms with Crippen LogP contribution in [0.5, 0.6) is 0 Å². The quantitative estimate of drug-likeness (QED) is 0.751. The smallest absolute Gasteiger partial charge is 0.264 e. The second kappa shape index (κ2) is 7.81. The number of piperidine rings is 1. The average Bonchev–Trinajstić information content (AvgIpc) is 3.31. The minimum atomic E-state index is -0.113. The Morgan fingerprint density at radius 2 is 1.86 bits per heavy atom. The van der Waals surface area contributed by atoms with E-state index in [1.54, 1.807) is 0 Å². The maximum absolute atomic E-state index is 13.2. The van der Waals surface area contributed by atoms with Crippen molar-refractivity contribution in [1.82, 2.24) is 14.5 Å². The Morgan fingerprint density at radius 1 is 1.10 bits per heavy atom. The lowest BCUT2D eigenvalue weighted by Crippen LogP contribution is -2.41. The summed E-state index contributed by atoms with van der Waals surface area (Å²) in [5.41, 5.74) is 0.811. The molecule has 0 unspecified atom stereocenters. The fourth-order valence-electron chi connectivity index (χ4n) is 4.78. The molecule has 2 aromatic rings. The highest BCUT2D eigenvalue weighted by molar-refractivity contribution is 7.20. The summed E-state index contributed by atoms with van der Waals surface area (Å²) in [5.74, 6) is 1.25. The average molecular weight is 418 g/mol. The van der Waals surface area contributed by atoms with E-state index in [4.69, 9.17) is 14.5 Å². The molecule has 0 spiro atoms. The maximum atomic E-state index is 13.2. The van der Waals surface area contributed by atoms with Crippen molar-refractivity contribution >= 4 is 27.5 Å². The van der Waals surface area contributed by atoms with Crippen LogP contribution in [-0.4, -0.2) is 53.0 Å². The lowest BCUT2D eigenvalue weighted by Gasteiger charge is -2.33. The van der Waals surface area contributed by atoms with Crippen molar-refractivity contribution in [3.05, 3.63) is 26.6 Å². The van der Waals surface area contributed by atoms with Crippen LogP contribution in [0.1, 0.15) is 53.2 Å². The molecule has 0 saturated carbocycles. The fraction of sp³-hybridized carbons (Fsp3) is 0.667. The van der Waals surface area contributed by atoms with E-state index in [0.717, 1.165) is 56.5 Å². The van der Waals surface area contributed by atoms with Crippen molar-refractivity contribution in [3.63, 3.8) is 0 Å². The Labute approximate surface area is 173 Å². The molecule has 2 saturated heterocycles. The number of fused-ring (bicyclic) bond motifs is 2. The summed E-state index contributed by atoms with van der Waals surface area (Å²) in [5, 5.41) is 0.631. The van der Waals surface area contributed by atoms with Gasteiger partial charge in [0.25, 0.3) is 11.5 Å². The second-order valence-electron chi connectivity index (χ2n) is 8.27. The first kappa shape index (κ1) is 19.2. The number of aromatic nitrogens is 2. The molecule has 5 rings (SSSR count). The van der Waals surface area contributed by atoms with Gasteiger partial charge in [0.15, 0.2) is 6.29 Å². The number of amides is 1. The van der Waals surface area contributed by atoms with Gasteiger partial charge in [0.1, 0.15) is 10.7 Å². The standard InChI is InChI=1S/C21H27N3O4S/c1-13-16-18(22-15-5-3-2-4-8-24(15)19(16)25)29-17(13)20(26)23-9-6-14(7-10-23)21-27-11-12-28-21/h14,21H,2-12H2,1H3. The third-order valence-electron chi connectivity index (χ3n) is 6.47. The molecule has 29 heavy (non-hydrogen) atoms. The van der Waals surface area contributed by atoms with Crippen LogP contribution in [0.25, 0.3) is 10.2 Å². The summed E-state index contributed by atoms with van der Waals surface area (Å²) in [6.07, 6.45) is 5.70. The van der Waals surface area contributed by atoms with Crippen LogP contribution in [0.15, 0.2) is 4.79 Å². The summed E-state index contributed by atoms with van der Waals surface area (Å²) in [6.45, 7) is 5.35. The Bertz CT molecular complexity index is 984. The Balaban J connectivity index is 1.40. The number of nitrogens with zero attached hydrogens (tertiary/aromatic N) is 3. The minimum Gasteiger partial charge on any atom is -0.350 e. The first-order chi connectivity index (χ1) is 14.1. The highest BCUT2D eigenvalue weighted by Gasteiger charge is 2.33. The van der Waals surface area contributed by atoms with Crippen molar-refractivity contribution in [2.45, 2.75) is 58.3 Å². The summed E-state index contributed by atoms with van der Waals surface area (Å²) < 4.78 is 13.1. The van der Waals surface area contributed by atoms with Gasteiger partial charge in [0, 0.05) is 32.0 Å². The van der Waals surface area contributed by atoms with Gasteiger partial charge in [-0.3, -0.25) is 14.2 Å². The lowest BCUT2D eigenvalue weighted by molar-refractivity contribution is -0.0956. The molecular weight excluding hydrogens is 390 g/mol. The molecule has 2 fully saturated rings. The predicted octanol–water partition coefficient (Wildman–Crippen LogP) is 2.72. The third kappa shape index (κ3) is 3.41. The predicted molar refractivity (Wildman–Crippen MR) is 110 cm³/mol. The zero-order chi connectivity index (χ0) is 20.0. The third-order valence-corrected chi connectivity index (χ3v) is 7.64. The zero-order valence-corrected chi connectivity index (χ0v) is 17.6. The summed E-state index contributed by atoms with van der Waals surface area (Å²) >= 11 is 1.38. The molecule has 7 nitrogen and oxygen atoms in total. The van der Waals surface area contributed by atoms with Crippen LogP contribution in [0, 0.1) is 12.8 Å². The zero-order valence-electron chi connectivity index (χ0n) is 16.8. The Morgan fingerprint density at radius 3 is 2.62 bits per heavy atom. The van der Waals surface area contributed by atoms with Crippen LogP contribution in [0.2, 0.25) is 0 Å². The van der Waals surface area contributed by atoms with Gasteiger partial charge >= 0.3 is 0 Å². The van der Waals surface area contributed by atoms with Crippen molar-refractivity contribution < 1.29 is 14.3 Å². The summed E-state index contributed by atoms with van der Waals surface area (Å²) in [4.78, 5) is 34.4. The number of likely N-dealkylation sites (tertiary alicyclic amines) is 1. The lowest BCUT2D eigenvalue weighted by atomic mass is 9.96. The van der Waals surface area contributed by atoms with Crippen molar-refractivity contribution in [2.24, 2.45) is 5.92 Å². The summed E-state index contributed by atoms with van der Waals surface area (Å²) in [7, 11) is 0. The van der Waals surface area contributed by atoms with Gasteiger partial charge < -0.3 is 14.4 Å². The number of rotatable bonds is 2. The molecule has 0 aromatic carbocycles. The molecule has 0 N–H and O–H groups in total. The molecule has 5 heterocycles.